The van der Waals surface area contributed by atoms with Crippen molar-refractivity contribution in [2.45, 2.75) is 38.1 Å². The second-order valence-electron chi connectivity index (χ2n) is 7.26. The van der Waals surface area contributed by atoms with E-state index < -0.39 is 0 Å². The highest BCUT2D eigenvalue weighted by atomic mass is 35.5. The first-order valence-corrected chi connectivity index (χ1v) is 9.46. The number of piperidine rings is 1. The maximum atomic E-state index is 13.0. The minimum absolute atomic E-state index is 0. The lowest BCUT2D eigenvalue weighted by molar-refractivity contribution is -0.144. The first kappa shape index (κ1) is 20.7. The van der Waals surface area contributed by atoms with Crippen molar-refractivity contribution in [1.29, 1.82) is 0 Å². The Morgan fingerprint density at radius 2 is 1.85 bits per heavy atom. The van der Waals surface area contributed by atoms with Gasteiger partial charge < -0.3 is 15.1 Å². The molecule has 2 heterocycles. The van der Waals surface area contributed by atoms with Crippen molar-refractivity contribution in [3.05, 3.63) is 35.9 Å². The molecular weight excluding hydrogens is 350 g/mol. The van der Waals surface area contributed by atoms with Crippen LogP contribution in [0.5, 0.6) is 0 Å². The molecule has 2 saturated heterocycles. The van der Waals surface area contributed by atoms with Crippen LogP contribution in [0.4, 0.5) is 0 Å². The van der Waals surface area contributed by atoms with Gasteiger partial charge in [0.1, 0.15) is 6.04 Å². The Morgan fingerprint density at radius 1 is 1.12 bits per heavy atom. The van der Waals surface area contributed by atoms with Crippen LogP contribution in [0.2, 0.25) is 0 Å². The standard InChI is InChI=1S/C20H29N3O2.ClH/c1-21-14-17-9-5-11-22(15-17)20(25)18-10-6-12-23(18)19(24)13-16-7-3-2-4-8-16;/h2-4,7-8,17-18,21H,5-6,9-15H2,1H3;1H. The zero-order chi connectivity index (χ0) is 17.6. The zero-order valence-electron chi connectivity index (χ0n) is 15.5. The van der Waals surface area contributed by atoms with Gasteiger partial charge in [-0.15, -0.1) is 12.4 Å². The van der Waals surface area contributed by atoms with Crippen LogP contribution in [0.1, 0.15) is 31.2 Å². The van der Waals surface area contributed by atoms with Crippen molar-refractivity contribution in [2.75, 3.05) is 33.2 Å². The molecule has 1 aromatic rings. The van der Waals surface area contributed by atoms with Crippen LogP contribution >= 0.6 is 12.4 Å². The molecule has 2 amide bonds. The summed E-state index contributed by atoms with van der Waals surface area (Å²) in [6, 6.07) is 9.53. The quantitative estimate of drug-likeness (QED) is 0.852. The first-order chi connectivity index (χ1) is 12.2. The minimum atomic E-state index is -0.260. The van der Waals surface area contributed by atoms with Crippen LogP contribution in [-0.4, -0.2) is 60.9 Å². The van der Waals surface area contributed by atoms with Crippen molar-refractivity contribution in [1.82, 2.24) is 15.1 Å². The summed E-state index contributed by atoms with van der Waals surface area (Å²) in [7, 11) is 1.96. The molecule has 3 rings (SSSR count). The lowest BCUT2D eigenvalue weighted by atomic mass is 9.97. The molecule has 26 heavy (non-hydrogen) atoms. The van der Waals surface area contributed by atoms with Gasteiger partial charge in [0, 0.05) is 19.6 Å². The highest BCUT2D eigenvalue weighted by Crippen LogP contribution is 2.24. The van der Waals surface area contributed by atoms with Crippen molar-refractivity contribution in [3.63, 3.8) is 0 Å². The summed E-state index contributed by atoms with van der Waals surface area (Å²) in [6.07, 6.45) is 4.33. The molecule has 2 aliphatic rings. The van der Waals surface area contributed by atoms with Gasteiger partial charge in [-0.1, -0.05) is 30.3 Å². The van der Waals surface area contributed by atoms with Gasteiger partial charge in [0.2, 0.25) is 11.8 Å². The molecule has 0 spiro atoms. The number of carbonyl (C=O) groups is 2. The lowest BCUT2D eigenvalue weighted by Gasteiger charge is -2.36. The summed E-state index contributed by atoms with van der Waals surface area (Å²) < 4.78 is 0. The fraction of sp³-hybridized carbons (Fsp3) is 0.600. The van der Waals surface area contributed by atoms with Gasteiger partial charge in [-0.05, 0) is 50.8 Å². The van der Waals surface area contributed by atoms with Gasteiger partial charge in [0.25, 0.3) is 0 Å². The van der Waals surface area contributed by atoms with Crippen molar-refractivity contribution in [2.24, 2.45) is 5.92 Å². The average molecular weight is 380 g/mol. The number of hydrogen-bond acceptors (Lipinski definition) is 3. The highest BCUT2D eigenvalue weighted by Gasteiger charge is 2.37. The third-order valence-electron chi connectivity index (χ3n) is 5.38. The molecule has 2 unspecified atom stereocenters. The number of likely N-dealkylation sites (tertiary alicyclic amines) is 2. The number of hydrogen-bond donors (Lipinski definition) is 1. The van der Waals surface area contributed by atoms with Crippen molar-refractivity contribution >= 4 is 24.2 Å². The van der Waals surface area contributed by atoms with E-state index in [-0.39, 0.29) is 30.3 Å². The molecule has 0 aromatic heterocycles. The van der Waals surface area contributed by atoms with Gasteiger partial charge in [-0.2, -0.15) is 0 Å². The molecule has 2 aliphatic heterocycles. The predicted molar refractivity (Wildman–Crippen MR) is 105 cm³/mol. The molecule has 144 valence electrons. The van der Waals surface area contributed by atoms with Gasteiger partial charge >= 0.3 is 0 Å². The summed E-state index contributed by atoms with van der Waals surface area (Å²) in [6.45, 7) is 3.30. The number of nitrogens with zero attached hydrogens (tertiary/aromatic N) is 2. The Morgan fingerprint density at radius 3 is 2.58 bits per heavy atom. The zero-order valence-corrected chi connectivity index (χ0v) is 16.3. The van der Waals surface area contributed by atoms with E-state index >= 15 is 0 Å². The monoisotopic (exact) mass is 379 g/mol. The van der Waals surface area contributed by atoms with E-state index in [4.69, 9.17) is 0 Å². The molecule has 0 saturated carbocycles. The molecular formula is C20H30ClN3O2. The summed E-state index contributed by atoms with van der Waals surface area (Å²) in [5.74, 6) is 0.753. The SMILES string of the molecule is CNCC1CCCN(C(=O)C2CCCN2C(=O)Cc2ccccc2)C1.Cl. The second-order valence-corrected chi connectivity index (χ2v) is 7.26. The summed E-state index contributed by atoms with van der Waals surface area (Å²) in [4.78, 5) is 29.6. The normalized spacial score (nSPS) is 22.8. The van der Waals surface area contributed by atoms with Crippen LogP contribution in [-0.2, 0) is 16.0 Å². The Bertz CT molecular complexity index is 594. The second kappa shape index (κ2) is 9.93. The van der Waals surface area contributed by atoms with E-state index in [1.54, 1.807) is 0 Å². The molecule has 2 fully saturated rings. The summed E-state index contributed by atoms with van der Waals surface area (Å²) in [5, 5.41) is 3.22. The third-order valence-corrected chi connectivity index (χ3v) is 5.38. The number of benzene rings is 1. The van der Waals surface area contributed by atoms with Gasteiger partial charge in [0.05, 0.1) is 6.42 Å². The Labute approximate surface area is 162 Å². The van der Waals surface area contributed by atoms with Crippen LogP contribution in [0.15, 0.2) is 30.3 Å². The number of halogens is 1. The molecule has 0 aliphatic carbocycles. The average Bonchev–Trinajstić information content (AvgIpc) is 3.12. The largest absolute Gasteiger partial charge is 0.341 e. The van der Waals surface area contributed by atoms with Gasteiger partial charge in [0.15, 0.2) is 0 Å². The van der Waals surface area contributed by atoms with E-state index in [1.165, 1.54) is 6.42 Å². The number of nitrogens with one attached hydrogen (secondary N) is 1. The smallest absolute Gasteiger partial charge is 0.245 e. The number of amides is 2. The molecule has 6 heteroatoms. The van der Waals surface area contributed by atoms with Crippen molar-refractivity contribution in [3.8, 4) is 0 Å². The van der Waals surface area contributed by atoms with Crippen LogP contribution in [0, 0.1) is 5.92 Å². The maximum Gasteiger partial charge on any atom is 0.245 e. The lowest BCUT2D eigenvalue weighted by Crippen LogP contribution is -2.51. The number of rotatable bonds is 5. The van der Waals surface area contributed by atoms with E-state index in [2.05, 4.69) is 5.32 Å². The van der Waals surface area contributed by atoms with Gasteiger partial charge in [-0.25, -0.2) is 0 Å². The maximum absolute atomic E-state index is 13.0. The fourth-order valence-electron chi connectivity index (χ4n) is 4.13. The van der Waals surface area contributed by atoms with E-state index in [1.807, 2.05) is 47.2 Å². The topological polar surface area (TPSA) is 52.7 Å². The molecule has 1 aromatic carbocycles. The van der Waals surface area contributed by atoms with Crippen LogP contribution in [0.25, 0.3) is 0 Å². The van der Waals surface area contributed by atoms with E-state index in [0.717, 1.165) is 44.5 Å². The Kier molecular flexibility index (Phi) is 7.91. The van der Waals surface area contributed by atoms with E-state index in [0.29, 0.717) is 18.9 Å². The molecule has 5 nitrogen and oxygen atoms in total. The van der Waals surface area contributed by atoms with E-state index in [9.17, 15) is 9.59 Å². The summed E-state index contributed by atoms with van der Waals surface area (Å²) in [5.41, 5.74) is 1.01. The predicted octanol–water partition coefficient (Wildman–Crippen LogP) is 2.10. The number of carbonyl (C=O) groups excluding carboxylic acids is 2. The van der Waals surface area contributed by atoms with Crippen LogP contribution < -0.4 is 5.32 Å². The molecule has 0 radical (unpaired) electrons. The minimum Gasteiger partial charge on any atom is -0.341 e. The first-order valence-electron chi connectivity index (χ1n) is 9.46. The van der Waals surface area contributed by atoms with Crippen LogP contribution in [0.3, 0.4) is 0 Å². The Hall–Kier alpha value is -1.59. The highest BCUT2D eigenvalue weighted by molar-refractivity contribution is 5.89. The fourth-order valence-corrected chi connectivity index (χ4v) is 4.13. The Balaban J connectivity index is 0.00000243. The molecule has 2 atom stereocenters. The van der Waals surface area contributed by atoms with Crippen molar-refractivity contribution < 1.29 is 9.59 Å². The van der Waals surface area contributed by atoms with Gasteiger partial charge in [-0.3, -0.25) is 9.59 Å². The molecule has 1 N–H and O–H groups in total. The third kappa shape index (κ3) is 4.98. The summed E-state index contributed by atoms with van der Waals surface area (Å²) >= 11 is 0. The molecule has 0 bridgehead atoms.